The lowest BCUT2D eigenvalue weighted by Gasteiger charge is -2.33. The summed E-state index contributed by atoms with van der Waals surface area (Å²) >= 11 is 0. The third kappa shape index (κ3) is 7.83. The molecule has 8 nitrogen and oxygen atoms in total. The number of ether oxygens (including phenoxy) is 1. The van der Waals surface area contributed by atoms with Crippen LogP contribution < -0.4 is 10.6 Å². The Balaban J connectivity index is 0.00000338. The SMILES string of the molecule is CN=C(NCC1CCN(S(C)(=O)=O)CC1)NCC(C)N1CCOCC1.I. The zero-order chi connectivity index (χ0) is 18.3. The number of morpholine rings is 1. The molecule has 0 spiro atoms. The van der Waals surface area contributed by atoms with Crippen molar-refractivity contribution in [2.24, 2.45) is 10.9 Å². The lowest BCUT2D eigenvalue weighted by atomic mass is 9.98. The molecule has 2 N–H and O–H groups in total. The number of piperidine rings is 1. The van der Waals surface area contributed by atoms with Crippen LogP contribution in [0.5, 0.6) is 0 Å². The van der Waals surface area contributed by atoms with Gasteiger partial charge < -0.3 is 15.4 Å². The molecule has 2 rings (SSSR count). The molecule has 2 aliphatic heterocycles. The number of nitrogens with zero attached hydrogens (tertiary/aromatic N) is 3. The monoisotopic (exact) mass is 503 g/mol. The number of hydrogen-bond donors (Lipinski definition) is 2. The van der Waals surface area contributed by atoms with Gasteiger partial charge in [0.15, 0.2) is 5.96 Å². The highest BCUT2D eigenvalue weighted by Crippen LogP contribution is 2.18. The summed E-state index contributed by atoms with van der Waals surface area (Å²) in [4.78, 5) is 6.71. The minimum absolute atomic E-state index is 0. The van der Waals surface area contributed by atoms with Crippen LogP contribution in [0.25, 0.3) is 0 Å². The predicted molar refractivity (Wildman–Crippen MR) is 116 cm³/mol. The van der Waals surface area contributed by atoms with E-state index in [2.05, 4.69) is 27.4 Å². The Bertz CT molecular complexity index is 532. The summed E-state index contributed by atoms with van der Waals surface area (Å²) in [6.45, 7) is 8.69. The Morgan fingerprint density at radius 1 is 1.19 bits per heavy atom. The van der Waals surface area contributed by atoms with E-state index in [9.17, 15) is 8.42 Å². The average molecular weight is 503 g/mol. The Kier molecular flexibility index (Phi) is 10.7. The zero-order valence-corrected chi connectivity index (χ0v) is 19.3. The van der Waals surface area contributed by atoms with Crippen LogP contribution in [0.4, 0.5) is 0 Å². The molecule has 0 bridgehead atoms. The molecular weight excluding hydrogens is 469 g/mol. The average Bonchev–Trinajstić information content (AvgIpc) is 2.62. The van der Waals surface area contributed by atoms with Crippen molar-refractivity contribution in [3.63, 3.8) is 0 Å². The molecule has 2 aliphatic rings. The van der Waals surface area contributed by atoms with Gasteiger partial charge in [-0.05, 0) is 25.7 Å². The summed E-state index contributed by atoms with van der Waals surface area (Å²) in [5, 5.41) is 6.77. The largest absolute Gasteiger partial charge is 0.379 e. The molecule has 154 valence electrons. The molecule has 0 radical (unpaired) electrons. The van der Waals surface area contributed by atoms with Crippen LogP contribution in [0, 0.1) is 5.92 Å². The van der Waals surface area contributed by atoms with Crippen LogP contribution in [0.2, 0.25) is 0 Å². The first kappa shape index (κ1) is 23.9. The van der Waals surface area contributed by atoms with E-state index in [1.807, 2.05) is 0 Å². The summed E-state index contributed by atoms with van der Waals surface area (Å²) in [7, 11) is -1.27. The molecule has 2 saturated heterocycles. The molecule has 2 heterocycles. The van der Waals surface area contributed by atoms with E-state index >= 15 is 0 Å². The van der Waals surface area contributed by atoms with Crippen LogP contribution >= 0.6 is 24.0 Å². The van der Waals surface area contributed by atoms with Gasteiger partial charge in [-0.1, -0.05) is 0 Å². The van der Waals surface area contributed by atoms with Gasteiger partial charge in [0.05, 0.1) is 19.5 Å². The van der Waals surface area contributed by atoms with Crippen molar-refractivity contribution >= 4 is 40.0 Å². The van der Waals surface area contributed by atoms with Gasteiger partial charge in [-0.2, -0.15) is 0 Å². The van der Waals surface area contributed by atoms with E-state index in [0.717, 1.165) is 58.2 Å². The Labute approximate surface area is 175 Å². The summed E-state index contributed by atoms with van der Waals surface area (Å²) in [5.41, 5.74) is 0. The molecule has 2 fully saturated rings. The maximum Gasteiger partial charge on any atom is 0.211 e. The van der Waals surface area contributed by atoms with Gasteiger partial charge in [-0.15, -0.1) is 24.0 Å². The van der Waals surface area contributed by atoms with Crippen molar-refractivity contribution in [3.05, 3.63) is 0 Å². The summed E-state index contributed by atoms with van der Waals surface area (Å²) in [5.74, 6) is 1.29. The molecule has 0 aromatic carbocycles. The normalized spacial score (nSPS) is 22.5. The Morgan fingerprint density at radius 2 is 1.81 bits per heavy atom. The van der Waals surface area contributed by atoms with Gasteiger partial charge in [0.1, 0.15) is 0 Å². The van der Waals surface area contributed by atoms with Crippen molar-refractivity contribution in [1.82, 2.24) is 19.8 Å². The predicted octanol–water partition coefficient (Wildman–Crippen LogP) is 0.162. The minimum atomic E-state index is -3.05. The van der Waals surface area contributed by atoms with Gasteiger partial charge in [0.2, 0.25) is 10.0 Å². The molecule has 1 unspecified atom stereocenters. The molecular formula is C16H34IN5O3S. The Morgan fingerprint density at radius 3 is 2.35 bits per heavy atom. The lowest BCUT2D eigenvalue weighted by molar-refractivity contribution is 0.0211. The van der Waals surface area contributed by atoms with E-state index in [4.69, 9.17) is 4.74 Å². The molecule has 0 aromatic rings. The molecule has 10 heteroatoms. The highest BCUT2D eigenvalue weighted by atomic mass is 127. The molecule has 0 saturated carbocycles. The number of guanidine groups is 1. The van der Waals surface area contributed by atoms with E-state index in [1.165, 1.54) is 6.26 Å². The van der Waals surface area contributed by atoms with Crippen molar-refractivity contribution in [1.29, 1.82) is 0 Å². The number of sulfonamides is 1. The van der Waals surface area contributed by atoms with Crippen molar-refractivity contribution in [2.45, 2.75) is 25.8 Å². The topological polar surface area (TPSA) is 86.3 Å². The fraction of sp³-hybridized carbons (Fsp3) is 0.938. The number of hydrogen-bond acceptors (Lipinski definition) is 5. The lowest BCUT2D eigenvalue weighted by Crippen LogP contribution is -2.50. The highest BCUT2D eigenvalue weighted by molar-refractivity contribution is 14.0. The van der Waals surface area contributed by atoms with E-state index in [-0.39, 0.29) is 24.0 Å². The van der Waals surface area contributed by atoms with Gasteiger partial charge in [0, 0.05) is 52.4 Å². The van der Waals surface area contributed by atoms with Crippen LogP contribution in [-0.2, 0) is 14.8 Å². The fourth-order valence-electron chi connectivity index (χ4n) is 3.30. The maximum absolute atomic E-state index is 11.6. The van der Waals surface area contributed by atoms with Gasteiger partial charge >= 0.3 is 0 Å². The molecule has 1 atom stereocenters. The van der Waals surface area contributed by atoms with Gasteiger partial charge in [0.25, 0.3) is 0 Å². The summed E-state index contributed by atoms with van der Waals surface area (Å²) in [6.07, 6.45) is 3.06. The second-order valence-electron chi connectivity index (χ2n) is 6.94. The zero-order valence-electron chi connectivity index (χ0n) is 16.1. The maximum atomic E-state index is 11.6. The van der Waals surface area contributed by atoms with E-state index in [1.54, 1.807) is 11.4 Å². The minimum Gasteiger partial charge on any atom is -0.379 e. The number of nitrogens with one attached hydrogen (secondary N) is 2. The van der Waals surface area contributed by atoms with Gasteiger partial charge in [-0.25, -0.2) is 12.7 Å². The van der Waals surface area contributed by atoms with Crippen LogP contribution in [0.3, 0.4) is 0 Å². The molecule has 26 heavy (non-hydrogen) atoms. The first-order valence-electron chi connectivity index (χ1n) is 9.11. The van der Waals surface area contributed by atoms with E-state index < -0.39 is 10.0 Å². The van der Waals surface area contributed by atoms with E-state index in [0.29, 0.717) is 25.0 Å². The summed E-state index contributed by atoms with van der Waals surface area (Å²) < 4.78 is 30.1. The number of halogens is 1. The first-order chi connectivity index (χ1) is 11.9. The van der Waals surface area contributed by atoms with Crippen LogP contribution in [-0.4, -0.2) is 95.4 Å². The van der Waals surface area contributed by atoms with Crippen molar-refractivity contribution < 1.29 is 13.2 Å². The Hall–Kier alpha value is -0.170. The summed E-state index contributed by atoms with van der Waals surface area (Å²) in [6, 6.07) is 0.431. The smallest absolute Gasteiger partial charge is 0.211 e. The number of aliphatic imine (C=N–C) groups is 1. The first-order valence-corrected chi connectivity index (χ1v) is 11.0. The molecule has 0 aliphatic carbocycles. The van der Waals surface area contributed by atoms with Crippen molar-refractivity contribution in [2.75, 3.05) is 65.8 Å². The molecule has 0 amide bonds. The standard InChI is InChI=1S/C16H33N5O3S.HI/c1-14(20-8-10-24-11-9-20)12-18-16(17-2)19-13-15-4-6-21(7-5-15)25(3,22)23;/h14-15H,4-13H2,1-3H3,(H2,17,18,19);1H. The molecule has 0 aromatic heterocycles. The van der Waals surface area contributed by atoms with Gasteiger partial charge in [-0.3, -0.25) is 9.89 Å². The quantitative estimate of drug-likeness (QED) is 0.305. The number of rotatable bonds is 6. The third-order valence-electron chi connectivity index (χ3n) is 5.06. The second-order valence-corrected chi connectivity index (χ2v) is 8.92. The van der Waals surface area contributed by atoms with Crippen molar-refractivity contribution in [3.8, 4) is 0 Å². The van der Waals surface area contributed by atoms with Crippen LogP contribution in [0.15, 0.2) is 4.99 Å². The second kappa shape index (κ2) is 11.6. The van der Waals surface area contributed by atoms with Crippen LogP contribution in [0.1, 0.15) is 19.8 Å². The third-order valence-corrected chi connectivity index (χ3v) is 6.36. The highest BCUT2D eigenvalue weighted by Gasteiger charge is 2.25. The fourth-order valence-corrected chi connectivity index (χ4v) is 4.17.